The summed E-state index contributed by atoms with van der Waals surface area (Å²) in [6.45, 7) is 3.07. The highest BCUT2D eigenvalue weighted by Crippen LogP contribution is 2.28. The van der Waals surface area contributed by atoms with Gasteiger partial charge in [-0.05, 0) is 54.3 Å². The van der Waals surface area contributed by atoms with Gasteiger partial charge in [0.25, 0.3) is 0 Å². The zero-order chi connectivity index (χ0) is 22.2. The van der Waals surface area contributed by atoms with Crippen LogP contribution >= 0.6 is 0 Å². The lowest BCUT2D eigenvalue weighted by Crippen LogP contribution is -2.00. The van der Waals surface area contributed by atoms with Crippen molar-refractivity contribution in [1.82, 2.24) is 0 Å². The number of carbonyl (C=O) groups excluding carboxylic acids is 2. The molecule has 1 fully saturated rings. The number of nitrogens with one attached hydrogen (secondary N) is 1. The van der Waals surface area contributed by atoms with E-state index in [4.69, 9.17) is 4.74 Å². The van der Waals surface area contributed by atoms with E-state index in [0.717, 1.165) is 41.0 Å². The van der Waals surface area contributed by atoms with E-state index in [-0.39, 0.29) is 11.5 Å². The quantitative estimate of drug-likeness (QED) is 0.435. The summed E-state index contributed by atoms with van der Waals surface area (Å²) in [7, 11) is 1.83. The lowest BCUT2D eigenvalue weighted by atomic mass is 9.97. The number of Topliss-reactive ketones (excluding diaryl/α,β-unsaturated/α-hetero) is 1. The van der Waals surface area contributed by atoms with E-state index < -0.39 is 0 Å². The normalized spacial score (nSPS) is 15.0. The largest absolute Gasteiger partial charge is 0.507 e. The molecule has 1 heterocycles. The first-order valence-corrected chi connectivity index (χ1v) is 10.3. The molecule has 4 rings (SSSR count). The summed E-state index contributed by atoms with van der Waals surface area (Å²) >= 11 is 0. The Kier molecular flexibility index (Phi) is 7.57. The number of ether oxygens (including phenoxy) is 1. The number of anilines is 1. The van der Waals surface area contributed by atoms with Gasteiger partial charge in [0.15, 0.2) is 12.1 Å². The van der Waals surface area contributed by atoms with Crippen LogP contribution in [0.5, 0.6) is 5.75 Å². The average molecular weight is 418 g/mol. The second-order valence-electron chi connectivity index (χ2n) is 7.43. The van der Waals surface area contributed by atoms with Gasteiger partial charge in [0.1, 0.15) is 5.75 Å². The molecule has 31 heavy (non-hydrogen) atoms. The topological polar surface area (TPSA) is 75.6 Å². The Morgan fingerprint density at radius 1 is 1.06 bits per heavy atom. The second kappa shape index (κ2) is 10.5. The highest BCUT2D eigenvalue weighted by molar-refractivity contribution is 6.00. The maximum atomic E-state index is 11.4. The lowest BCUT2D eigenvalue weighted by Gasteiger charge is -2.09. The van der Waals surface area contributed by atoms with Gasteiger partial charge in [-0.25, -0.2) is 0 Å². The number of aromatic hydroxyl groups is 1. The number of phenols is 1. The van der Waals surface area contributed by atoms with E-state index >= 15 is 0 Å². The van der Waals surface area contributed by atoms with Crippen LogP contribution in [-0.4, -0.2) is 37.4 Å². The number of carbonyl (C=O) groups is 2. The molecule has 1 aliphatic rings. The van der Waals surface area contributed by atoms with Crippen molar-refractivity contribution < 1.29 is 19.4 Å². The Morgan fingerprint density at radius 3 is 2.45 bits per heavy atom. The van der Waals surface area contributed by atoms with Gasteiger partial charge < -0.3 is 15.2 Å². The van der Waals surface area contributed by atoms with Crippen molar-refractivity contribution >= 4 is 17.8 Å². The number of benzene rings is 3. The molecule has 0 aliphatic carbocycles. The molecular formula is C26H27NO4. The third-order valence-corrected chi connectivity index (χ3v) is 5.35. The molecule has 3 aromatic carbocycles. The van der Waals surface area contributed by atoms with Gasteiger partial charge in [0, 0.05) is 30.8 Å². The minimum atomic E-state index is 0.0441. The minimum absolute atomic E-state index is 0.0441. The standard InChI is InChI=1S/C15H15NO.C11H12O3/c1-11(17)14-9-8-13(10-15(14)16-2)12-6-4-3-5-7-12;12-6-10-5-8(1-2-11(10)13)9-3-4-14-7-9/h3-10,16H,1-2H3;1-2,5-6,9,13H,3-4,7H2. The summed E-state index contributed by atoms with van der Waals surface area (Å²) in [5.41, 5.74) is 5.29. The van der Waals surface area contributed by atoms with E-state index in [1.807, 2.05) is 49.5 Å². The Balaban J connectivity index is 0.000000179. The van der Waals surface area contributed by atoms with Crippen molar-refractivity contribution in [2.24, 2.45) is 0 Å². The molecule has 5 nitrogen and oxygen atoms in total. The fourth-order valence-electron chi connectivity index (χ4n) is 3.59. The Morgan fingerprint density at radius 2 is 1.84 bits per heavy atom. The maximum Gasteiger partial charge on any atom is 0.161 e. The number of hydrogen-bond donors (Lipinski definition) is 2. The highest BCUT2D eigenvalue weighted by atomic mass is 16.5. The van der Waals surface area contributed by atoms with Gasteiger partial charge in [-0.3, -0.25) is 9.59 Å². The zero-order valence-electron chi connectivity index (χ0n) is 17.8. The molecule has 2 N–H and O–H groups in total. The number of rotatable bonds is 5. The van der Waals surface area contributed by atoms with Crippen LogP contribution in [0.15, 0.2) is 66.7 Å². The predicted molar refractivity (Wildman–Crippen MR) is 123 cm³/mol. The fourth-order valence-corrected chi connectivity index (χ4v) is 3.59. The van der Waals surface area contributed by atoms with Crippen LogP contribution in [0.25, 0.3) is 11.1 Å². The molecule has 1 saturated heterocycles. The van der Waals surface area contributed by atoms with Crippen molar-refractivity contribution in [2.75, 3.05) is 25.6 Å². The SMILES string of the molecule is CNc1cc(-c2ccccc2)ccc1C(C)=O.O=Cc1cc(C2CCOC2)ccc1O. The van der Waals surface area contributed by atoms with Crippen molar-refractivity contribution in [3.8, 4) is 16.9 Å². The van der Waals surface area contributed by atoms with Crippen LogP contribution in [0.4, 0.5) is 5.69 Å². The zero-order valence-corrected chi connectivity index (χ0v) is 17.8. The molecule has 0 amide bonds. The molecule has 1 aliphatic heterocycles. The summed E-state index contributed by atoms with van der Waals surface area (Å²) in [5, 5.41) is 12.4. The third-order valence-electron chi connectivity index (χ3n) is 5.35. The molecule has 3 aromatic rings. The number of hydrogen-bond acceptors (Lipinski definition) is 5. The maximum absolute atomic E-state index is 11.4. The number of phenolic OH excluding ortho intramolecular Hbond substituents is 1. The highest BCUT2D eigenvalue weighted by Gasteiger charge is 2.18. The first kappa shape index (κ1) is 22.2. The lowest BCUT2D eigenvalue weighted by molar-refractivity contribution is 0.101. The van der Waals surface area contributed by atoms with Crippen molar-refractivity contribution in [3.05, 3.63) is 83.4 Å². The van der Waals surface area contributed by atoms with Crippen LogP contribution < -0.4 is 5.32 Å². The van der Waals surface area contributed by atoms with Gasteiger partial charge in [-0.2, -0.15) is 0 Å². The molecule has 1 atom stereocenters. The van der Waals surface area contributed by atoms with Crippen molar-refractivity contribution in [3.63, 3.8) is 0 Å². The summed E-state index contributed by atoms with van der Waals surface area (Å²) in [4.78, 5) is 22.0. The molecule has 0 saturated carbocycles. The minimum Gasteiger partial charge on any atom is -0.507 e. The van der Waals surface area contributed by atoms with Gasteiger partial charge in [0.2, 0.25) is 0 Å². The number of aldehydes is 1. The number of ketones is 1. The summed E-state index contributed by atoms with van der Waals surface area (Å²) in [5.74, 6) is 0.492. The average Bonchev–Trinajstić information content (AvgIpc) is 3.35. The Hall–Kier alpha value is -3.44. The van der Waals surface area contributed by atoms with E-state index in [2.05, 4.69) is 17.4 Å². The van der Waals surface area contributed by atoms with Crippen LogP contribution in [0.3, 0.4) is 0 Å². The molecule has 0 aromatic heterocycles. The van der Waals surface area contributed by atoms with Gasteiger partial charge in [-0.1, -0.05) is 42.5 Å². The summed E-state index contributed by atoms with van der Waals surface area (Å²) in [6.07, 6.45) is 1.66. The monoisotopic (exact) mass is 417 g/mol. The van der Waals surface area contributed by atoms with Crippen LogP contribution in [0, 0.1) is 0 Å². The molecular weight excluding hydrogens is 390 g/mol. The summed E-state index contributed by atoms with van der Waals surface area (Å²) in [6, 6.07) is 21.1. The second-order valence-corrected chi connectivity index (χ2v) is 7.43. The van der Waals surface area contributed by atoms with E-state index in [0.29, 0.717) is 24.4 Å². The van der Waals surface area contributed by atoms with Gasteiger partial charge in [-0.15, -0.1) is 0 Å². The van der Waals surface area contributed by atoms with E-state index in [1.165, 1.54) is 0 Å². The Labute approximate surface area is 182 Å². The fraction of sp³-hybridized carbons (Fsp3) is 0.231. The van der Waals surface area contributed by atoms with Crippen molar-refractivity contribution in [2.45, 2.75) is 19.3 Å². The third kappa shape index (κ3) is 5.58. The van der Waals surface area contributed by atoms with Crippen LogP contribution in [0.1, 0.15) is 45.5 Å². The smallest absolute Gasteiger partial charge is 0.161 e. The van der Waals surface area contributed by atoms with Crippen LogP contribution in [0.2, 0.25) is 0 Å². The van der Waals surface area contributed by atoms with E-state index in [9.17, 15) is 14.7 Å². The van der Waals surface area contributed by atoms with Crippen LogP contribution in [-0.2, 0) is 4.74 Å². The molecule has 0 radical (unpaired) electrons. The molecule has 5 heteroatoms. The summed E-state index contributed by atoms with van der Waals surface area (Å²) < 4.78 is 5.26. The Bertz CT molecular complexity index is 1040. The molecule has 160 valence electrons. The van der Waals surface area contributed by atoms with E-state index in [1.54, 1.807) is 19.1 Å². The first-order valence-electron chi connectivity index (χ1n) is 10.3. The van der Waals surface area contributed by atoms with Crippen molar-refractivity contribution in [1.29, 1.82) is 0 Å². The van der Waals surface area contributed by atoms with Gasteiger partial charge >= 0.3 is 0 Å². The molecule has 0 spiro atoms. The predicted octanol–water partition coefficient (Wildman–Crippen LogP) is 5.31. The molecule has 0 bridgehead atoms. The van der Waals surface area contributed by atoms with Gasteiger partial charge in [0.05, 0.1) is 12.2 Å². The first-order chi connectivity index (χ1) is 15.0. The molecule has 1 unspecified atom stereocenters.